The van der Waals surface area contributed by atoms with Gasteiger partial charge in [-0.25, -0.2) is 0 Å². The largest absolute Gasteiger partial charge is 0.282 e. The summed E-state index contributed by atoms with van der Waals surface area (Å²) in [5.41, 5.74) is 0. The van der Waals surface area contributed by atoms with Crippen LogP contribution in [0.4, 0.5) is 0 Å². The van der Waals surface area contributed by atoms with Gasteiger partial charge >= 0.3 is 0 Å². The zero-order chi connectivity index (χ0) is 15.3. The molecular weight excluding hydrogens is 296 g/mol. The van der Waals surface area contributed by atoms with Crippen molar-refractivity contribution < 1.29 is 8.42 Å². The summed E-state index contributed by atoms with van der Waals surface area (Å²) >= 11 is 5.97. The Balaban J connectivity index is 2.95. The molecule has 0 amide bonds. The van der Waals surface area contributed by atoms with Crippen molar-refractivity contribution in [3.8, 4) is 0 Å². The molecule has 1 aliphatic heterocycles. The maximum absolute atomic E-state index is 12.9. The van der Waals surface area contributed by atoms with Crippen molar-refractivity contribution in [2.75, 3.05) is 25.5 Å². The van der Waals surface area contributed by atoms with E-state index in [0.29, 0.717) is 37.4 Å². The monoisotopic (exact) mass is 324 g/mol. The average molecular weight is 325 g/mol. The van der Waals surface area contributed by atoms with Crippen molar-refractivity contribution >= 4 is 21.8 Å². The highest BCUT2D eigenvalue weighted by molar-refractivity contribution is 7.86. The lowest BCUT2D eigenvalue weighted by molar-refractivity contribution is 0.234. The summed E-state index contributed by atoms with van der Waals surface area (Å²) in [6.45, 7) is 9.97. The summed E-state index contributed by atoms with van der Waals surface area (Å²) in [5.74, 6) is 1.03. The van der Waals surface area contributed by atoms with Crippen LogP contribution >= 0.6 is 11.6 Å². The fraction of sp³-hybridized carbons (Fsp3) is 1.00. The van der Waals surface area contributed by atoms with Gasteiger partial charge in [-0.2, -0.15) is 17.0 Å². The zero-order valence-electron chi connectivity index (χ0n) is 13.2. The Morgan fingerprint density at radius 3 is 2.15 bits per heavy atom. The van der Waals surface area contributed by atoms with E-state index in [1.807, 2.05) is 0 Å². The lowest BCUT2D eigenvalue weighted by atomic mass is 10.1. The minimum absolute atomic E-state index is 0.0442. The minimum atomic E-state index is -3.39. The highest BCUT2D eigenvalue weighted by atomic mass is 35.5. The lowest BCUT2D eigenvalue weighted by Crippen LogP contribution is -2.52. The maximum atomic E-state index is 12.9. The third kappa shape index (κ3) is 4.86. The van der Waals surface area contributed by atoms with Crippen molar-refractivity contribution in [1.82, 2.24) is 8.61 Å². The highest BCUT2D eigenvalue weighted by Crippen LogP contribution is 2.24. The van der Waals surface area contributed by atoms with E-state index in [1.54, 1.807) is 8.61 Å². The average Bonchev–Trinajstić information content (AvgIpc) is 2.36. The van der Waals surface area contributed by atoms with Crippen LogP contribution in [0.25, 0.3) is 0 Å². The fourth-order valence-corrected chi connectivity index (χ4v) is 5.25. The Kier molecular flexibility index (Phi) is 7.25. The fourth-order valence-electron chi connectivity index (χ4n) is 2.66. The van der Waals surface area contributed by atoms with E-state index in [-0.39, 0.29) is 6.04 Å². The van der Waals surface area contributed by atoms with Gasteiger partial charge in [0.05, 0.1) is 0 Å². The quantitative estimate of drug-likeness (QED) is 0.676. The van der Waals surface area contributed by atoms with Gasteiger partial charge in [-0.1, -0.05) is 34.1 Å². The van der Waals surface area contributed by atoms with E-state index in [2.05, 4.69) is 27.7 Å². The molecule has 0 aliphatic carbocycles. The second-order valence-corrected chi connectivity index (χ2v) is 8.72. The molecule has 0 spiro atoms. The van der Waals surface area contributed by atoms with Gasteiger partial charge in [0.15, 0.2) is 0 Å². The van der Waals surface area contributed by atoms with Crippen molar-refractivity contribution in [3.05, 3.63) is 0 Å². The van der Waals surface area contributed by atoms with E-state index >= 15 is 0 Å². The maximum Gasteiger partial charge on any atom is 0.282 e. The van der Waals surface area contributed by atoms with Gasteiger partial charge in [-0.3, -0.25) is 0 Å². The van der Waals surface area contributed by atoms with Gasteiger partial charge in [0.25, 0.3) is 10.2 Å². The Morgan fingerprint density at radius 1 is 1.15 bits per heavy atom. The van der Waals surface area contributed by atoms with E-state index in [1.165, 1.54) is 0 Å². The molecule has 20 heavy (non-hydrogen) atoms. The second-order valence-electron chi connectivity index (χ2n) is 6.53. The van der Waals surface area contributed by atoms with Gasteiger partial charge in [0.1, 0.15) is 0 Å². The van der Waals surface area contributed by atoms with E-state index in [9.17, 15) is 8.42 Å². The molecule has 0 aromatic heterocycles. The van der Waals surface area contributed by atoms with E-state index < -0.39 is 10.2 Å². The van der Waals surface area contributed by atoms with Gasteiger partial charge in [0, 0.05) is 31.6 Å². The Bertz CT molecular complexity index is 375. The van der Waals surface area contributed by atoms with Crippen LogP contribution in [0.1, 0.15) is 47.0 Å². The molecule has 1 unspecified atom stereocenters. The van der Waals surface area contributed by atoms with Crippen molar-refractivity contribution in [3.63, 3.8) is 0 Å². The summed E-state index contributed by atoms with van der Waals surface area (Å²) in [4.78, 5) is 0. The zero-order valence-corrected chi connectivity index (χ0v) is 14.8. The first-order valence-corrected chi connectivity index (χ1v) is 9.55. The van der Waals surface area contributed by atoms with Gasteiger partial charge in [-0.05, 0) is 24.7 Å². The molecule has 6 heteroatoms. The Hall–Kier alpha value is 0.160. The van der Waals surface area contributed by atoms with Gasteiger partial charge in [-0.15, -0.1) is 11.6 Å². The first-order chi connectivity index (χ1) is 9.28. The normalized spacial score (nSPS) is 22.1. The number of alkyl halides is 1. The first-order valence-electron chi connectivity index (χ1n) is 7.62. The molecule has 0 bridgehead atoms. The molecule has 1 aliphatic rings. The summed E-state index contributed by atoms with van der Waals surface area (Å²) < 4.78 is 29.1. The predicted molar refractivity (Wildman–Crippen MR) is 85.2 cm³/mol. The van der Waals surface area contributed by atoms with Crippen LogP contribution in [0.2, 0.25) is 0 Å². The Morgan fingerprint density at radius 2 is 1.70 bits per heavy atom. The molecule has 0 aromatic carbocycles. The highest BCUT2D eigenvalue weighted by Gasteiger charge is 2.36. The number of rotatable bonds is 7. The van der Waals surface area contributed by atoms with Crippen LogP contribution in [0.15, 0.2) is 0 Å². The summed E-state index contributed by atoms with van der Waals surface area (Å²) in [5, 5.41) is 0. The number of halogens is 1. The first kappa shape index (κ1) is 18.2. The molecule has 0 N–H and O–H groups in total. The number of hydrogen-bond donors (Lipinski definition) is 0. The molecule has 120 valence electrons. The minimum Gasteiger partial charge on any atom is -0.195 e. The summed E-state index contributed by atoms with van der Waals surface area (Å²) in [6.07, 6.45) is 2.88. The Labute approximate surface area is 129 Å². The molecule has 1 rings (SSSR count). The van der Waals surface area contributed by atoms with Crippen molar-refractivity contribution in [2.45, 2.75) is 53.0 Å². The molecule has 1 heterocycles. The second kappa shape index (κ2) is 7.97. The van der Waals surface area contributed by atoms with Crippen LogP contribution in [0.3, 0.4) is 0 Å². The number of nitrogens with zero attached hydrogens (tertiary/aromatic N) is 2. The van der Waals surface area contributed by atoms with E-state index in [4.69, 9.17) is 11.6 Å². The van der Waals surface area contributed by atoms with Gasteiger partial charge < -0.3 is 0 Å². The van der Waals surface area contributed by atoms with Crippen LogP contribution in [0.5, 0.6) is 0 Å². The molecule has 0 saturated carbocycles. The molecule has 1 fully saturated rings. The van der Waals surface area contributed by atoms with Crippen molar-refractivity contribution in [1.29, 1.82) is 0 Å². The predicted octanol–water partition coefficient (Wildman–Crippen LogP) is 2.94. The topological polar surface area (TPSA) is 40.6 Å². The smallest absolute Gasteiger partial charge is 0.195 e. The van der Waals surface area contributed by atoms with Crippen LogP contribution in [-0.2, 0) is 10.2 Å². The van der Waals surface area contributed by atoms with E-state index in [0.717, 1.165) is 19.3 Å². The van der Waals surface area contributed by atoms with Crippen LogP contribution in [-0.4, -0.2) is 48.6 Å². The van der Waals surface area contributed by atoms with Crippen LogP contribution < -0.4 is 0 Å². The third-order valence-electron chi connectivity index (χ3n) is 3.51. The standard InChI is InChI=1S/C14H29ClN2O2S/c1-12(2)10-16(11-13(3)4)20(18,19)17-8-6-5-7-14(17)9-15/h12-14H,5-11H2,1-4H3. The number of piperidine rings is 1. The number of hydrogen-bond acceptors (Lipinski definition) is 2. The molecule has 0 aromatic rings. The lowest BCUT2D eigenvalue weighted by Gasteiger charge is -2.38. The molecule has 0 radical (unpaired) electrons. The third-order valence-corrected chi connectivity index (χ3v) is 5.89. The molecule has 4 nitrogen and oxygen atoms in total. The molecule has 1 saturated heterocycles. The van der Waals surface area contributed by atoms with Gasteiger partial charge in [0.2, 0.25) is 0 Å². The van der Waals surface area contributed by atoms with Crippen molar-refractivity contribution in [2.24, 2.45) is 11.8 Å². The SMILES string of the molecule is CC(C)CN(CC(C)C)S(=O)(=O)N1CCCCC1CCl. The molecular formula is C14H29ClN2O2S. The van der Waals surface area contributed by atoms with Crippen LogP contribution in [0, 0.1) is 11.8 Å². The molecule has 1 atom stereocenters. The summed E-state index contributed by atoms with van der Waals surface area (Å²) in [7, 11) is -3.39. The summed E-state index contributed by atoms with van der Waals surface area (Å²) in [6, 6.07) is -0.0442.